The summed E-state index contributed by atoms with van der Waals surface area (Å²) in [5.41, 5.74) is 0.0967. The molecular formula is C9H12ClN3O4. The third-order valence-corrected chi connectivity index (χ3v) is 2.84. The van der Waals surface area contributed by atoms with Gasteiger partial charge in [0.25, 0.3) is 0 Å². The van der Waals surface area contributed by atoms with Crippen molar-refractivity contribution in [1.82, 2.24) is 9.55 Å². The maximum atomic E-state index is 9.80. The van der Waals surface area contributed by atoms with E-state index in [4.69, 9.17) is 20.0 Å². The first kappa shape index (κ1) is 12.3. The zero-order valence-corrected chi connectivity index (χ0v) is 9.50. The van der Waals surface area contributed by atoms with Gasteiger partial charge in [0.1, 0.15) is 12.2 Å². The summed E-state index contributed by atoms with van der Waals surface area (Å²) in [6.07, 6.45) is -0.930. The molecule has 0 aliphatic carbocycles. The van der Waals surface area contributed by atoms with Crippen LogP contribution in [0.25, 0.3) is 0 Å². The zero-order valence-electron chi connectivity index (χ0n) is 8.68. The summed E-state index contributed by atoms with van der Waals surface area (Å²) >= 11 is 0. The second kappa shape index (κ2) is 4.26. The highest BCUT2D eigenvalue weighted by Gasteiger charge is 2.50. The number of nitrogens with one attached hydrogen (secondary N) is 1. The summed E-state index contributed by atoms with van der Waals surface area (Å²) in [6, 6.07) is 1.77. The maximum Gasteiger partial charge on any atom is 0.301 e. The Morgan fingerprint density at radius 1 is 1.53 bits per heavy atom. The van der Waals surface area contributed by atoms with Crippen molar-refractivity contribution >= 4 is 12.4 Å². The van der Waals surface area contributed by atoms with Crippen LogP contribution in [0.1, 0.15) is 6.23 Å². The number of hydrogen-bond donors (Lipinski definition) is 3. The molecule has 0 spiro atoms. The van der Waals surface area contributed by atoms with Gasteiger partial charge in [0, 0.05) is 6.20 Å². The number of aliphatic hydroxyl groups is 2. The Kier molecular flexibility index (Phi) is 3.09. The van der Waals surface area contributed by atoms with Gasteiger partial charge in [-0.15, -0.1) is 12.4 Å². The molecule has 0 bridgehead atoms. The van der Waals surface area contributed by atoms with Crippen LogP contribution in [-0.2, 0) is 4.74 Å². The molecule has 94 valence electrons. The molecule has 0 radical (unpaired) electrons. The van der Waals surface area contributed by atoms with Gasteiger partial charge >= 0.3 is 6.01 Å². The van der Waals surface area contributed by atoms with E-state index in [0.717, 1.165) is 0 Å². The van der Waals surface area contributed by atoms with Crippen molar-refractivity contribution in [3.63, 3.8) is 0 Å². The zero-order chi connectivity index (χ0) is 11.3. The molecule has 1 fully saturated rings. The third-order valence-electron chi connectivity index (χ3n) is 2.84. The smallest absolute Gasteiger partial charge is 0.301 e. The Hall–Kier alpha value is -1.15. The van der Waals surface area contributed by atoms with Crippen LogP contribution in [0, 0.1) is 5.41 Å². The maximum absolute atomic E-state index is 9.80. The summed E-state index contributed by atoms with van der Waals surface area (Å²) in [4.78, 5) is 3.88. The van der Waals surface area contributed by atoms with Crippen molar-refractivity contribution in [3.8, 4) is 6.01 Å². The first-order chi connectivity index (χ1) is 7.70. The van der Waals surface area contributed by atoms with E-state index in [0.29, 0.717) is 0 Å². The number of fused-ring (bicyclic) bond motifs is 3. The average molecular weight is 262 g/mol. The lowest BCUT2D eigenvalue weighted by Crippen LogP contribution is -2.34. The number of nitrogens with zero attached hydrogens (tertiary/aromatic N) is 2. The Morgan fingerprint density at radius 2 is 2.29 bits per heavy atom. The predicted octanol–water partition coefficient (Wildman–Crippen LogP) is -1.20. The fourth-order valence-electron chi connectivity index (χ4n) is 2.04. The Labute approximate surface area is 103 Å². The molecule has 2 aliphatic heterocycles. The van der Waals surface area contributed by atoms with Gasteiger partial charge in [-0.1, -0.05) is 0 Å². The van der Waals surface area contributed by atoms with E-state index >= 15 is 0 Å². The largest absolute Gasteiger partial charge is 0.454 e. The molecule has 1 unspecified atom stereocenters. The van der Waals surface area contributed by atoms with E-state index in [1.807, 2.05) is 0 Å². The molecule has 3 rings (SSSR count). The van der Waals surface area contributed by atoms with Crippen molar-refractivity contribution in [3.05, 3.63) is 17.8 Å². The summed E-state index contributed by atoms with van der Waals surface area (Å²) in [6.45, 7) is -0.253. The number of ether oxygens (including phenoxy) is 2. The van der Waals surface area contributed by atoms with Gasteiger partial charge in [-0.05, 0) is 6.07 Å². The molecular weight excluding hydrogens is 250 g/mol. The molecule has 8 heteroatoms. The number of aromatic nitrogens is 2. The van der Waals surface area contributed by atoms with E-state index in [1.165, 1.54) is 6.07 Å². The summed E-state index contributed by atoms with van der Waals surface area (Å²) in [5, 5.41) is 26.1. The minimum atomic E-state index is -0.883. The van der Waals surface area contributed by atoms with Gasteiger partial charge in [-0.2, -0.15) is 4.98 Å². The quantitative estimate of drug-likeness (QED) is 0.589. The van der Waals surface area contributed by atoms with Crippen LogP contribution in [0.2, 0.25) is 0 Å². The van der Waals surface area contributed by atoms with Crippen molar-refractivity contribution in [1.29, 1.82) is 5.41 Å². The molecule has 1 aromatic heterocycles. The van der Waals surface area contributed by atoms with Gasteiger partial charge in [-0.3, -0.25) is 9.98 Å². The molecule has 17 heavy (non-hydrogen) atoms. The van der Waals surface area contributed by atoms with Crippen molar-refractivity contribution in [2.24, 2.45) is 0 Å². The fraction of sp³-hybridized carbons (Fsp3) is 0.556. The van der Waals surface area contributed by atoms with E-state index in [2.05, 4.69) is 4.98 Å². The Balaban J connectivity index is 0.00000108. The van der Waals surface area contributed by atoms with Crippen LogP contribution in [-0.4, -0.2) is 44.7 Å². The number of halogens is 1. The van der Waals surface area contributed by atoms with Crippen LogP contribution in [0.5, 0.6) is 6.01 Å². The van der Waals surface area contributed by atoms with Crippen LogP contribution < -0.4 is 10.2 Å². The van der Waals surface area contributed by atoms with Crippen LogP contribution in [0.4, 0.5) is 0 Å². The molecule has 2 aliphatic rings. The molecule has 0 amide bonds. The van der Waals surface area contributed by atoms with Crippen LogP contribution in [0.3, 0.4) is 0 Å². The van der Waals surface area contributed by atoms with Gasteiger partial charge in [0.15, 0.2) is 17.8 Å². The van der Waals surface area contributed by atoms with E-state index in [1.54, 1.807) is 10.8 Å². The second-order valence-corrected chi connectivity index (χ2v) is 3.82. The van der Waals surface area contributed by atoms with Crippen molar-refractivity contribution in [2.45, 2.75) is 24.5 Å². The minimum absolute atomic E-state index is 0. The lowest BCUT2D eigenvalue weighted by molar-refractivity contribution is -0.0434. The first-order valence-electron chi connectivity index (χ1n) is 4.95. The predicted molar refractivity (Wildman–Crippen MR) is 56.7 cm³/mol. The van der Waals surface area contributed by atoms with Crippen LogP contribution in [0.15, 0.2) is 12.3 Å². The minimum Gasteiger partial charge on any atom is -0.454 e. The second-order valence-electron chi connectivity index (χ2n) is 3.82. The highest BCUT2D eigenvalue weighted by Crippen LogP contribution is 2.38. The van der Waals surface area contributed by atoms with Gasteiger partial charge in [-0.25, -0.2) is 0 Å². The summed E-state index contributed by atoms with van der Waals surface area (Å²) in [5.74, 6) is 0. The average Bonchev–Trinajstić information content (AvgIpc) is 2.75. The first-order valence-corrected chi connectivity index (χ1v) is 4.95. The van der Waals surface area contributed by atoms with Crippen LogP contribution >= 0.6 is 12.4 Å². The lowest BCUT2D eigenvalue weighted by Gasteiger charge is -2.14. The Bertz CT molecular complexity index is 480. The monoisotopic (exact) mass is 261 g/mol. The normalized spacial score (nSPS) is 33.5. The lowest BCUT2D eigenvalue weighted by atomic mass is 10.1. The topological polar surface area (TPSA) is 101 Å². The fourth-order valence-corrected chi connectivity index (χ4v) is 2.04. The standard InChI is InChI=1S/C9H11N3O4.ClH/c10-5-1-2-12-8-7(16-9(12)11-5)6(14)4(3-13)15-8;/h1-2,4,6-8,10,13-14H,3H2;1H/t4-,6+,7?,8-;/m1./s1. The SMILES string of the molecule is Cl.N=c1ccn2c(n1)OC1[C@@H](O)[C@@H](CO)O[C@H]12. The summed E-state index contributed by atoms with van der Waals surface area (Å²) < 4.78 is 12.5. The highest BCUT2D eigenvalue weighted by molar-refractivity contribution is 5.85. The third kappa shape index (κ3) is 1.71. The molecule has 0 saturated carbocycles. The van der Waals surface area contributed by atoms with Gasteiger partial charge < -0.3 is 19.7 Å². The van der Waals surface area contributed by atoms with Gasteiger partial charge in [0.05, 0.1) is 6.61 Å². The van der Waals surface area contributed by atoms with E-state index < -0.39 is 24.5 Å². The molecule has 7 nitrogen and oxygen atoms in total. The Morgan fingerprint density at radius 3 is 3.00 bits per heavy atom. The number of hydrogen-bond acceptors (Lipinski definition) is 6. The number of rotatable bonds is 1. The van der Waals surface area contributed by atoms with Gasteiger partial charge in [0.2, 0.25) is 0 Å². The molecule has 4 atom stereocenters. The van der Waals surface area contributed by atoms with E-state index in [-0.39, 0.29) is 30.5 Å². The highest BCUT2D eigenvalue weighted by atomic mass is 35.5. The molecule has 1 aromatic rings. The van der Waals surface area contributed by atoms with Crippen molar-refractivity contribution < 1.29 is 19.7 Å². The van der Waals surface area contributed by atoms with E-state index in [9.17, 15) is 5.11 Å². The summed E-state index contributed by atoms with van der Waals surface area (Å²) in [7, 11) is 0. The van der Waals surface area contributed by atoms with Crippen molar-refractivity contribution in [2.75, 3.05) is 6.61 Å². The number of aliphatic hydroxyl groups excluding tert-OH is 2. The molecule has 3 N–H and O–H groups in total. The molecule has 0 aromatic carbocycles. The molecule has 3 heterocycles. The molecule has 1 saturated heterocycles.